The molecule has 0 radical (unpaired) electrons. The van der Waals surface area contributed by atoms with Gasteiger partial charge in [-0.05, 0) is 40.7 Å². The van der Waals surface area contributed by atoms with Crippen LogP contribution < -0.4 is 5.73 Å². The molecule has 0 atom stereocenters. The Hall–Kier alpha value is -1.07. The minimum atomic E-state index is 0.491. The first-order chi connectivity index (χ1) is 8.65. The van der Waals surface area contributed by atoms with E-state index in [1.165, 1.54) is 4.90 Å². The Morgan fingerprint density at radius 3 is 2.44 bits per heavy atom. The number of anilines is 1. The van der Waals surface area contributed by atoms with Gasteiger partial charge < -0.3 is 5.73 Å². The van der Waals surface area contributed by atoms with Gasteiger partial charge in [0, 0.05) is 10.5 Å². The van der Waals surface area contributed by atoms with Crippen LogP contribution in [0.3, 0.4) is 0 Å². The molecule has 0 saturated carbocycles. The van der Waals surface area contributed by atoms with Crippen molar-refractivity contribution >= 4 is 33.5 Å². The molecule has 0 unspecified atom stereocenters. The summed E-state index contributed by atoms with van der Waals surface area (Å²) in [5.74, 6) is 1.17. The number of rotatable bonds is 3. The monoisotopic (exact) mass is 323 g/mol. The summed E-state index contributed by atoms with van der Waals surface area (Å²) in [5.41, 5.74) is 7.81. The summed E-state index contributed by atoms with van der Waals surface area (Å²) < 4.78 is 0.800. The second-order valence-electron chi connectivity index (χ2n) is 3.78. The molecule has 2 N–H and O–H groups in total. The van der Waals surface area contributed by atoms with Gasteiger partial charge in [-0.15, -0.1) is 11.8 Å². The van der Waals surface area contributed by atoms with Crippen LogP contribution in [-0.4, -0.2) is 16.2 Å². The first-order valence-corrected chi connectivity index (χ1v) is 7.63. The van der Waals surface area contributed by atoms with Crippen molar-refractivity contribution in [3.63, 3.8) is 0 Å². The third-order valence-electron chi connectivity index (χ3n) is 2.63. The zero-order valence-electron chi connectivity index (χ0n) is 10.3. The predicted molar refractivity (Wildman–Crippen MR) is 80.7 cm³/mol. The van der Waals surface area contributed by atoms with Gasteiger partial charge >= 0.3 is 0 Å². The Balaban J connectivity index is 2.46. The number of aromatic nitrogens is 2. The van der Waals surface area contributed by atoms with Crippen molar-refractivity contribution in [1.29, 1.82) is 0 Å². The number of nitrogens with zero attached hydrogens (tertiary/aromatic N) is 2. The molecule has 0 aliphatic rings. The number of nitrogens with two attached hydrogens (primary N) is 1. The van der Waals surface area contributed by atoms with E-state index in [2.05, 4.69) is 44.3 Å². The molecule has 18 heavy (non-hydrogen) atoms. The summed E-state index contributed by atoms with van der Waals surface area (Å²) in [6.07, 6.45) is 2.88. The van der Waals surface area contributed by atoms with Crippen molar-refractivity contribution in [2.75, 3.05) is 12.0 Å². The van der Waals surface area contributed by atoms with Gasteiger partial charge in [0.15, 0.2) is 5.82 Å². The number of thioether (sulfide) groups is 1. The highest BCUT2D eigenvalue weighted by atomic mass is 79.9. The number of hydrogen-bond acceptors (Lipinski definition) is 4. The largest absolute Gasteiger partial charge is 0.383 e. The maximum atomic E-state index is 5.89. The average Bonchev–Trinajstić information content (AvgIpc) is 2.42. The lowest BCUT2D eigenvalue weighted by Gasteiger charge is -2.07. The van der Waals surface area contributed by atoms with Gasteiger partial charge in [-0.1, -0.05) is 19.1 Å². The summed E-state index contributed by atoms with van der Waals surface area (Å²) in [5, 5.41) is 0. The highest BCUT2D eigenvalue weighted by Crippen LogP contribution is 2.26. The van der Waals surface area contributed by atoms with E-state index in [1.807, 2.05) is 19.1 Å². The molecule has 0 amide bonds. The van der Waals surface area contributed by atoms with Crippen molar-refractivity contribution in [2.45, 2.75) is 18.2 Å². The van der Waals surface area contributed by atoms with Gasteiger partial charge in [-0.2, -0.15) is 0 Å². The molecular weight excluding hydrogens is 310 g/mol. The van der Waals surface area contributed by atoms with E-state index in [0.717, 1.165) is 22.2 Å². The lowest BCUT2D eigenvalue weighted by molar-refractivity contribution is 0.995. The van der Waals surface area contributed by atoms with E-state index in [1.54, 1.807) is 11.8 Å². The van der Waals surface area contributed by atoms with Gasteiger partial charge in [0.1, 0.15) is 5.82 Å². The zero-order chi connectivity index (χ0) is 13.1. The molecule has 0 spiro atoms. The standard InChI is InChI=1S/C13H14BrN3S/c1-3-10-11(14)12(15)17-13(16-10)8-4-6-9(18-2)7-5-8/h4-7H,3H2,1-2H3,(H2,15,16,17). The van der Waals surface area contributed by atoms with Crippen LogP contribution in [0.5, 0.6) is 0 Å². The molecule has 1 aromatic heterocycles. The molecule has 0 saturated heterocycles. The Kier molecular flexibility index (Phi) is 4.24. The second-order valence-corrected chi connectivity index (χ2v) is 5.45. The third kappa shape index (κ3) is 2.67. The summed E-state index contributed by atoms with van der Waals surface area (Å²) in [4.78, 5) is 10.1. The fourth-order valence-electron chi connectivity index (χ4n) is 1.62. The van der Waals surface area contributed by atoms with Gasteiger partial charge in [-0.25, -0.2) is 9.97 Å². The van der Waals surface area contributed by atoms with Crippen LogP contribution in [0.15, 0.2) is 33.6 Å². The highest BCUT2D eigenvalue weighted by Gasteiger charge is 2.10. The maximum Gasteiger partial charge on any atom is 0.161 e. The Morgan fingerprint density at radius 2 is 1.89 bits per heavy atom. The van der Waals surface area contributed by atoms with Crippen molar-refractivity contribution in [2.24, 2.45) is 0 Å². The van der Waals surface area contributed by atoms with E-state index < -0.39 is 0 Å². The van der Waals surface area contributed by atoms with Crippen LogP contribution in [0, 0.1) is 0 Å². The minimum Gasteiger partial charge on any atom is -0.383 e. The minimum absolute atomic E-state index is 0.491. The Labute approximate surface area is 119 Å². The molecule has 5 heteroatoms. The number of nitrogen functional groups attached to an aromatic ring is 1. The number of halogens is 1. The summed E-state index contributed by atoms with van der Waals surface area (Å²) in [7, 11) is 0. The maximum absolute atomic E-state index is 5.89. The zero-order valence-corrected chi connectivity index (χ0v) is 12.7. The Bertz CT molecular complexity index is 555. The lowest BCUT2D eigenvalue weighted by Crippen LogP contribution is -2.02. The molecule has 94 valence electrons. The first-order valence-electron chi connectivity index (χ1n) is 5.62. The van der Waals surface area contributed by atoms with Crippen molar-refractivity contribution in [1.82, 2.24) is 9.97 Å². The van der Waals surface area contributed by atoms with Crippen LogP contribution in [0.25, 0.3) is 11.4 Å². The summed E-state index contributed by atoms with van der Waals surface area (Å²) in [6, 6.07) is 8.17. The summed E-state index contributed by atoms with van der Waals surface area (Å²) in [6.45, 7) is 2.05. The molecule has 2 rings (SSSR count). The Morgan fingerprint density at radius 1 is 1.22 bits per heavy atom. The van der Waals surface area contributed by atoms with Gasteiger partial charge in [-0.3, -0.25) is 0 Å². The smallest absolute Gasteiger partial charge is 0.161 e. The number of hydrogen-bond donors (Lipinski definition) is 1. The molecule has 0 bridgehead atoms. The molecule has 0 aliphatic carbocycles. The third-order valence-corrected chi connectivity index (χ3v) is 4.24. The van der Waals surface area contributed by atoms with Crippen LogP contribution >= 0.6 is 27.7 Å². The van der Waals surface area contributed by atoms with Gasteiger partial charge in [0.2, 0.25) is 0 Å². The molecule has 2 aromatic rings. The van der Waals surface area contributed by atoms with E-state index in [9.17, 15) is 0 Å². The number of benzene rings is 1. The predicted octanol–water partition coefficient (Wildman–Crippen LogP) is 3.77. The van der Waals surface area contributed by atoms with Crippen LogP contribution in [0.4, 0.5) is 5.82 Å². The topological polar surface area (TPSA) is 51.8 Å². The molecule has 0 fully saturated rings. The van der Waals surface area contributed by atoms with Gasteiger partial charge in [0.25, 0.3) is 0 Å². The van der Waals surface area contributed by atoms with E-state index in [0.29, 0.717) is 11.6 Å². The van der Waals surface area contributed by atoms with Crippen LogP contribution in [0.1, 0.15) is 12.6 Å². The number of aryl methyl sites for hydroxylation is 1. The van der Waals surface area contributed by atoms with Crippen LogP contribution in [0.2, 0.25) is 0 Å². The second kappa shape index (κ2) is 5.71. The van der Waals surface area contributed by atoms with E-state index in [4.69, 9.17) is 5.73 Å². The van der Waals surface area contributed by atoms with Crippen LogP contribution in [-0.2, 0) is 6.42 Å². The van der Waals surface area contributed by atoms with Crippen molar-refractivity contribution < 1.29 is 0 Å². The molecular formula is C13H14BrN3S. The average molecular weight is 324 g/mol. The normalized spacial score (nSPS) is 10.6. The van der Waals surface area contributed by atoms with Crippen molar-refractivity contribution in [3.8, 4) is 11.4 Å². The first kappa shape index (κ1) is 13.4. The molecule has 1 heterocycles. The lowest BCUT2D eigenvalue weighted by atomic mass is 10.2. The fraction of sp³-hybridized carbons (Fsp3) is 0.231. The summed E-state index contributed by atoms with van der Waals surface area (Å²) >= 11 is 5.13. The van der Waals surface area contributed by atoms with E-state index >= 15 is 0 Å². The molecule has 3 nitrogen and oxygen atoms in total. The fourth-order valence-corrected chi connectivity index (χ4v) is 2.48. The van der Waals surface area contributed by atoms with Crippen molar-refractivity contribution in [3.05, 3.63) is 34.4 Å². The SMILES string of the molecule is CCc1nc(-c2ccc(SC)cc2)nc(N)c1Br. The van der Waals surface area contributed by atoms with E-state index in [-0.39, 0.29) is 0 Å². The quantitative estimate of drug-likeness (QED) is 0.873. The molecule has 1 aromatic carbocycles. The van der Waals surface area contributed by atoms with Gasteiger partial charge in [0.05, 0.1) is 10.2 Å². The molecule has 0 aliphatic heterocycles. The highest BCUT2D eigenvalue weighted by molar-refractivity contribution is 9.10.